The first-order valence-electron chi connectivity index (χ1n) is 11.8. The highest BCUT2D eigenvalue weighted by Gasteiger charge is 2.24. The number of hydrogen-bond donors (Lipinski definition) is 3. The van der Waals surface area contributed by atoms with E-state index in [4.69, 9.17) is 4.74 Å². The van der Waals surface area contributed by atoms with Crippen LogP contribution >= 0.6 is 0 Å². The molecule has 3 N–H and O–H groups in total. The fourth-order valence-corrected chi connectivity index (χ4v) is 3.74. The number of aryl methyl sites for hydroxylation is 1. The Labute approximate surface area is 202 Å². The topological polar surface area (TPSA) is 113 Å². The van der Waals surface area contributed by atoms with E-state index in [9.17, 15) is 14.0 Å². The van der Waals surface area contributed by atoms with E-state index in [1.54, 1.807) is 13.1 Å². The molecule has 1 aliphatic carbocycles. The Morgan fingerprint density at radius 1 is 1.26 bits per heavy atom. The van der Waals surface area contributed by atoms with Crippen LogP contribution in [-0.4, -0.2) is 63.7 Å². The predicted octanol–water partition coefficient (Wildman–Crippen LogP) is 3.32. The standard InChI is InChI=1S/C24H30FN7O3/c1-4-31(5-2)11-10-26-22(33)18-13-32-21(15(18)3)23(27-14-28-32)35-17-8-9-20(19(25)12-17)30-24(34)29-16-6-7-16/h8-9,12-14,16H,4-7,10-11H2,1-3H3,(H,26,33)(H2,29,30,34). The lowest BCUT2D eigenvalue weighted by Crippen LogP contribution is -2.34. The number of hydrogen-bond acceptors (Lipinski definition) is 6. The number of carbonyl (C=O) groups excluding carboxylic acids is 2. The minimum Gasteiger partial charge on any atom is -0.437 e. The van der Waals surface area contributed by atoms with Gasteiger partial charge in [0.2, 0.25) is 5.88 Å². The van der Waals surface area contributed by atoms with Crippen molar-refractivity contribution in [3.05, 3.63) is 47.7 Å². The Kier molecular flexibility index (Phi) is 7.45. The minimum absolute atomic E-state index is 0.0471. The van der Waals surface area contributed by atoms with Gasteiger partial charge in [-0.25, -0.2) is 13.7 Å². The summed E-state index contributed by atoms with van der Waals surface area (Å²) in [5.41, 5.74) is 1.66. The highest BCUT2D eigenvalue weighted by Crippen LogP contribution is 2.30. The van der Waals surface area contributed by atoms with Crippen molar-refractivity contribution in [2.45, 2.75) is 39.7 Å². The zero-order valence-electron chi connectivity index (χ0n) is 20.1. The molecule has 10 nitrogen and oxygen atoms in total. The Bertz CT molecular complexity index is 1220. The molecule has 2 aromatic heterocycles. The number of likely N-dealkylation sites (N-methyl/N-ethyl adjacent to an activating group) is 1. The number of rotatable bonds is 10. The van der Waals surface area contributed by atoms with Gasteiger partial charge in [-0.3, -0.25) is 4.79 Å². The first-order valence-corrected chi connectivity index (χ1v) is 11.8. The van der Waals surface area contributed by atoms with Gasteiger partial charge in [0, 0.05) is 31.4 Å². The number of benzene rings is 1. The summed E-state index contributed by atoms with van der Waals surface area (Å²) in [7, 11) is 0. The smallest absolute Gasteiger partial charge is 0.319 e. The van der Waals surface area contributed by atoms with E-state index in [-0.39, 0.29) is 29.3 Å². The van der Waals surface area contributed by atoms with E-state index >= 15 is 0 Å². The van der Waals surface area contributed by atoms with Crippen LogP contribution in [0.2, 0.25) is 0 Å². The summed E-state index contributed by atoms with van der Waals surface area (Å²) >= 11 is 0. The second kappa shape index (κ2) is 10.7. The molecule has 35 heavy (non-hydrogen) atoms. The summed E-state index contributed by atoms with van der Waals surface area (Å²) in [5.74, 6) is -0.468. The molecule has 0 radical (unpaired) electrons. The van der Waals surface area contributed by atoms with E-state index in [2.05, 4.69) is 44.8 Å². The minimum atomic E-state index is -0.640. The van der Waals surface area contributed by atoms with Crippen LogP contribution < -0.4 is 20.7 Å². The Morgan fingerprint density at radius 2 is 2.03 bits per heavy atom. The zero-order valence-corrected chi connectivity index (χ0v) is 20.1. The summed E-state index contributed by atoms with van der Waals surface area (Å²) in [4.78, 5) is 31.1. The fraction of sp³-hybridized carbons (Fsp3) is 0.417. The van der Waals surface area contributed by atoms with Gasteiger partial charge in [0.1, 0.15) is 23.4 Å². The van der Waals surface area contributed by atoms with Crippen molar-refractivity contribution in [1.29, 1.82) is 0 Å². The highest BCUT2D eigenvalue weighted by atomic mass is 19.1. The van der Waals surface area contributed by atoms with E-state index in [0.29, 0.717) is 23.2 Å². The normalized spacial score (nSPS) is 13.2. The number of ether oxygens (including phenoxy) is 1. The lowest BCUT2D eigenvalue weighted by atomic mass is 10.2. The Hall–Kier alpha value is -3.73. The number of anilines is 1. The third-order valence-corrected chi connectivity index (χ3v) is 5.96. The lowest BCUT2D eigenvalue weighted by Gasteiger charge is -2.17. The summed E-state index contributed by atoms with van der Waals surface area (Å²) < 4.78 is 21.9. The van der Waals surface area contributed by atoms with Crippen LogP contribution in [0.4, 0.5) is 14.9 Å². The van der Waals surface area contributed by atoms with Gasteiger partial charge in [0.25, 0.3) is 5.91 Å². The van der Waals surface area contributed by atoms with Crippen molar-refractivity contribution in [3.8, 4) is 11.6 Å². The molecule has 1 aliphatic rings. The van der Waals surface area contributed by atoms with Crippen molar-refractivity contribution >= 4 is 23.1 Å². The second-order valence-corrected chi connectivity index (χ2v) is 8.43. The van der Waals surface area contributed by atoms with E-state index in [1.807, 2.05) is 0 Å². The first-order chi connectivity index (χ1) is 16.9. The molecule has 0 spiro atoms. The Morgan fingerprint density at radius 3 is 2.71 bits per heavy atom. The largest absolute Gasteiger partial charge is 0.437 e. The monoisotopic (exact) mass is 483 g/mol. The zero-order chi connectivity index (χ0) is 24.9. The van der Waals surface area contributed by atoms with Gasteiger partial charge in [0.15, 0.2) is 0 Å². The molecule has 11 heteroatoms. The summed E-state index contributed by atoms with van der Waals surface area (Å²) in [6.45, 7) is 9.08. The van der Waals surface area contributed by atoms with Gasteiger partial charge in [-0.05, 0) is 50.6 Å². The molecule has 3 aromatic rings. The summed E-state index contributed by atoms with van der Waals surface area (Å²) in [5, 5.41) is 12.4. The van der Waals surface area contributed by atoms with Crippen LogP contribution in [0.5, 0.6) is 11.6 Å². The van der Waals surface area contributed by atoms with Gasteiger partial charge in [-0.1, -0.05) is 13.8 Å². The molecule has 0 saturated heterocycles. The maximum atomic E-state index is 14.6. The van der Waals surface area contributed by atoms with Gasteiger partial charge in [0.05, 0.1) is 11.3 Å². The molecule has 3 amide bonds. The van der Waals surface area contributed by atoms with Gasteiger partial charge < -0.3 is 25.6 Å². The first kappa shape index (κ1) is 24.4. The Balaban J connectivity index is 1.48. The molecule has 0 bridgehead atoms. The van der Waals surface area contributed by atoms with Crippen LogP contribution in [0.25, 0.3) is 5.52 Å². The van der Waals surface area contributed by atoms with Crippen LogP contribution in [0.1, 0.15) is 42.6 Å². The number of aromatic nitrogens is 3. The average Bonchev–Trinajstić information content (AvgIpc) is 3.58. The van der Waals surface area contributed by atoms with Crippen LogP contribution in [0, 0.1) is 12.7 Å². The predicted molar refractivity (Wildman–Crippen MR) is 129 cm³/mol. The molecule has 0 atom stereocenters. The number of fused-ring (bicyclic) bond motifs is 1. The quantitative estimate of drug-likeness (QED) is 0.408. The molecule has 1 saturated carbocycles. The van der Waals surface area contributed by atoms with Crippen molar-refractivity contribution in [1.82, 2.24) is 30.1 Å². The third kappa shape index (κ3) is 5.86. The van der Waals surface area contributed by atoms with Gasteiger partial charge in [-0.2, -0.15) is 10.1 Å². The molecule has 0 aliphatic heterocycles. The molecule has 186 valence electrons. The van der Waals surface area contributed by atoms with Crippen LogP contribution in [-0.2, 0) is 0 Å². The molecular weight excluding hydrogens is 453 g/mol. The van der Waals surface area contributed by atoms with Crippen LogP contribution in [0.15, 0.2) is 30.7 Å². The van der Waals surface area contributed by atoms with Gasteiger partial charge >= 0.3 is 6.03 Å². The average molecular weight is 484 g/mol. The molecule has 0 unspecified atom stereocenters. The van der Waals surface area contributed by atoms with Gasteiger partial charge in [-0.15, -0.1) is 0 Å². The van der Waals surface area contributed by atoms with Crippen molar-refractivity contribution in [2.24, 2.45) is 0 Å². The summed E-state index contributed by atoms with van der Waals surface area (Å²) in [6, 6.07) is 3.86. The van der Waals surface area contributed by atoms with Crippen molar-refractivity contribution in [2.75, 3.05) is 31.5 Å². The SMILES string of the molecule is CCN(CC)CCNC(=O)c1cn2ncnc(Oc3ccc(NC(=O)NC4CC4)c(F)c3)c2c1C. The highest BCUT2D eigenvalue weighted by molar-refractivity contribution is 5.98. The molecule has 1 aromatic carbocycles. The number of halogens is 1. The fourth-order valence-electron chi connectivity index (χ4n) is 3.74. The van der Waals surface area contributed by atoms with E-state index < -0.39 is 11.8 Å². The number of nitrogens with one attached hydrogen (secondary N) is 3. The molecule has 1 fully saturated rings. The van der Waals surface area contributed by atoms with Crippen molar-refractivity contribution in [3.63, 3.8) is 0 Å². The number of carbonyl (C=O) groups is 2. The third-order valence-electron chi connectivity index (χ3n) is 5.96. The number of nitrogens with zero attached hydrogens (tertiary/aromatic N) is 4. The van der Waals surface area contributed by atoms with Crippen LogP contribution in [0.3, 0.4) is 0 Å². The van der Waals surface area contributed by atoms with E-state index in [0.717, 1.165) is 32.5 Å². The molecule has 2 heterocycles. The maximum absolute atomic E-state index is 14.6. The number of urea groups is 1. The molecule has 4 rings (SSSR count). The second-order valence-electron chi connectivity index (χ2n) is 8.43. The summed E-state index contributed by atoms with van der Waals surface area (Å²) in [6.07, 6.45) is 4.81. The molecular formula is C24H30FN7O3. The lowest BCUT2D eigenvalue weighted by molar-refractivity contribution is 0.0948. The van der Waals surface area contributed by atoms with E-state index in [1.165, 1.54) is 29.0 Å². The maximum Gasteiger partial charge on any atom is 0.319 e. The van der Waals surface area contributed by atoms with Crippen molar-refractivity contribution < 1.29 is 18.7 Å². The number of amides is 3.